The first-order chi connectivity index (χ1) is 8.09. The molecule has 8 heteroatoms. The van der Waals surface area contributed by atoms with E-state index >= 15 is 0 Å². The van der Waals surface area contributed by atoms with Gasteiger partial charge in [0.2, 0.25) is 0 Å². The van der Waals surface area contributed by atoms with E-state index in [1.54, 1.807) is 0 Å². The first-order valence-electron chi connectivity index (χ1n) is 4.52. The summed E-state index contributed by atoms with van der Waals surface area (Å²) in [5, 5.41) is 27.2. The zero-order valence-electron chi connectivity index (χ0n) is 8.36. The van der Waals surface area contributed by atoms with Crippen LogP contribution in [0.15, 0.2) is 30.5 Å². The molecule has 0 spiro atoms. The summed E-state index contributed by atoms with van der Waals surface area (Å²) in [7, 11) is 0. The van der Waals surface area contributed by atoms with Crippen LogP contribution in [0.5, 0.6) is 0 Å². The number of nitro groups is 2. The van der Waals surface area contributed by atoms with Gasteiger partial charge in [-0.2, -0.15) is 5.10 Å². The van der Waals surface area contributed by atoms with Crippen molar-refractivity contribution in [1.82, 2.24) is 10.2 Å². The zero-order chi connectivity index (χ0) is 12.4. The van der Waals surface area contributed by atoms with E-state index in [-0.39, 0.29) is 17.1 Å². The molecule has 2 rings (SSSR count). The van der Waals surface area contributed by atoms with Crippen molar-refractivity contribution in [2.45, 2.75) is 0 Å². The molecule has 0 fully saturated rings. The Labute approximate surface area is 94.2 Å². The minimum absolute atomic E-state index is 0.0732. The summed E-state index contributed by atoms with van der Waals surface area (Å²) in [5.74, 6) is 0. The molecule has 8 nitrogen and oxygen atoms in total. The molecule has 1 aromatic carbocycles. The summed E-state index contributed by atoms with van der Waals surface area (Å²) in [5.41, 5.74) is 0.458. The van der Waals surface area contributed by atoms with Crippen LogP contribution in [0.3, 0.4) is 0 Å². The number of H-pyrrole nitrogens is 1. The van der Waals surface area contributed by atoms with Gasteiger partial charge in [0.05, 0.1) is 9.85 Å². The Hall–Kier alpha value is -2.77. The summed E-state index contributed by atoms with van der Waals surface area (Å²) >= 11 is 0. The average molecular weight is 234 g/mol. The molecule has 0 saturated heterocycles. The number of nitro benzene ring substituents is 1. The largest absolute Gasteiger partial charge is 0.314 e. The van der Waals surface area contributed by atoms with Crippen molar-refractivity contribution in [2.75, 3.05) is 0 Å². The van der Waals surface area contributed by atoms with E-state index < -0.39 is 9.85 Å². The highest BCUT2D eigenvalue weighted by molar-refractivity contribution is 5.69. The van der Waals surface area contributed by atoms with Gasteiger partial charge in [-0.3, -0.25) is 25.3 Å². The Bertz CT molecular complexity index is 575. The highest BCUT2D eigenvalue weighted by Gasteiger charge is 2.18. The predicted octanol–water partition coefficient (Wildman–Crippen LogP) is 1.89. The van der Waals surface area contributed by atoms with Crippen LogP contribution in [0.4, 0.5) is 11.4 Å². The van der Waals surface area contributed by atoms with E-state index in [1.807, 2.05) is 0 Å². The normalized spacial score (nSPS) is 10.1. The molecule has 0 aliphatic rings. The Balaban J connectivity index is 2.43. The zero-order valence-corrected chi connectivity index (χ0v) is 8.36. The topological polar surface area (TPSA) is 115 Å². The van der Waals surface area contributed by atoms with Crippen LogP contribution >= 0.6 is 0 Å². The molecule has 0 amide bonds. The fourth-order valence-electron chi connectivity index (χ4n) is 1.38. The standard InChI is InChI=1S/C9H6N4O4/c14-12(15)7-3-1-6(2-4-7)9-8(13(16)17)5-10-11-9/h1-5H,(H,10,11). The number of nitrogens with zero attached hydrogens (tertiary/aromatic N) is 3. The number of aromatic amines is 1. The van der Waals surface area contributed by atoms with Crippen LogP contribution in [-0.2, 0) is 0 Å². The molecule has 0 bridgehead atoms. The summed E-state index contributed by atoms with van der Waals surface area (Å²) in [6, 6.07) is 5.41. The molecule has 1 N–H and O–H groups in total. The fourth-order valence-corrected chi connectivity index (χ4v) is 1.38. The van der Waals surface area contributed by atoms with E-state index in [0.717, 1.165) is 6.20 Å². The lowest BCUT2D eigenvalue weighted by molar-refractivity contribution is -0.385. The maximum Gasteiger partial charge on any atom is 0.314 e. The smallest absolute Gasteiger partial charge is 0.271 e. The number of non-ortho nitro benzene ring substituents is 1. The van der Waals surface area contributed by atoms with Crippen molar-refractivity contribution in [3.8, 4) is 11.3 Å². The van der Waals surface area contributed by atoms with Gasteiger partial charge in [-0.05, 0) is 12.1 Å². The van der Waals surface area contributed by atoms with Crippen molar-refractivity contribution in [2.24, 2.45) is 0 Å². The number of hydrogen-bond acceptors (Lipinski definition) is 5. The van der Waals surface area contributed by atoms with Gasteiger partial charge in [-0.15, -0.1) is 0 Å². The predicted molar refractivity (Wildman–Crippen MR) is 57.3 cm³/mol. The summed E-state index contributed by atoms with van der Waals surface area (Å²) < 4.78 is 0. The molecule has 0 saturated carbocycles. The summed E-state index contributed by atoms with van der Waals surface area (Å²) in [6.07, 6.45) is 1.09. The molecule has 17 heavy (non-hydrogen) atoms. The van der Waals surface area contributed by atoms with Crippen LogP contribution in [0, 0.1) is 20.2 Å². The minimum atomic E-state index is -0.569. The first-order valence-corrected chi connectivity index (χ1v) is 4.52. The Morgan fingerprint density at radius 3 is 2.24 bits per heavy atom. The molecular formula is C9H6N4O4. The third kappa shape index (κ3) is 1.95. The number of aromatic nitrogens is 2. The number of rotatable bonds is 3. The molecule has 0 aliphatic heterocycles. The lowest BCUT2D eigenvalue weighted by atomic mass is 10.1. The van der Waals surface area contributed by atoms with Gasteiger partial charge in [0.25, 0.3) is 5.69 Å². The molecule has 2 aromatic rings. The lowest BCUT2D eigenvalue weighted by Gasteiger charge is -1.97. The molecule has 1 heterocycles. The SMILES string of the molecule is O=[N+]([O-])c1ccc(-c2[nH]ncc2[N+](=O)[O-])cc1. The monoisotopic (exact) mass is 234 g/mol. The van der Waals surface area contributed by atoms with Crippen molar-refractivity contribution in [1.29, 1.82) is 0 Å². The van der Waals surface area contributed by atoms with Gasteiger partial charge in [0, 0.05) is 17.7 Å². The molecule has 1 aromatic heterocycles. The molecule has 0 atom stereocenters. The Kier molecular flexibility index (Phi) is 2.53. The van der Waals surface area contributed by atoms with Gasteiger partial charge < -0.3 is 0 Å². The van der Waals surface area contributed by atoms with Crippen LogP contribution in [0.25, 0.3) is 11.3 Å². The summed E-state index contributed by atoms with van der Waals surface area (Å²) in [6.45, 7) is 0. The second-order valence-electron chi connectivity index (χ2n) is 3.19. The second-order valence-corrected chi connectivity index (χ2v) is 3.19. The minimum Gasteiger partial charge on any atom is -0.271 e. The highest BCUT2D eigenvalue weighted by Crippen LogP contribution is 2.28. The summed E-state index contributed by atoms with van der Waals surface area (Å²) in [4.78, 5) is 20.0. The van der Waals surface area contributed by atoms with Crippen molar-refractivity contribution in [3.63, 3.8) is 0 Å². The first kappa shape index (κ1) is 10.7. The van der Waals surface area contributed by atoms with Crippen LogP contribution < -0.4 is 0 Å². The van der Waals surface area contributed by atoms with Crippen LogP contribution in [-0.4, -0.2) is 20.0 Å². The lowest BCUT2D eigenvalue weighted by Crippen LogP contribution is -1.90. The van der Waals surface area contributed by atoms with Gasteiger partial charge in [-0.25, -0.2) is 0 Å². The Morgan fingerprint density at radius 1 is 1.06 bits per heavy atom. The third-order valence-corrected chi connectivity index (χ3v) is 2.18. The van der Waals surface area contributed by atoms with Gasteiger partial charge in [-0.1, -0.05) is 0 Å². The maximum atomic E-state index is 10.7. The number of benzene rings is 1. The van der Waals surface area contributed by atoms with Crippen LogP contribution in [0.1, 0.15) is 0 Å². The maximum absolute atomic E-state index is 10.7. The van der Waals surface area contributed by atoms with Gasteiger partial charge in [0.1, 0.15) is 11.9 Å². The highest BCUT2D eigenvalue weighted by atomic mass is 16.6. The molecule has 0 unspecified atom stereocenters. The van der Waals surface area contributed by atoms with Crippen LogP contribution in [0.2, 0.25) is 0 Å². The molecule has 86 valence electrons. The molecule has 0 radical (unpaired) electrons. The molecule has 0 aliphatic carbocycles. The number of hydrogen-bond donors (Lipinski definition) is 1. The van der Waals surface area contributed by atoms with E-state index in [1.165, 1.54) is 24.3 Å². The van der Waals surface area contributed by atoms with Crippen molar-refractivity contribution < 1.29 is 9.85 Å². The van der Waals surface area contributed by atoms with E-state index in [0.29, 0.717) is 5.56 Å². The number of nitrogens with one attached hydrogen (secondary N) is 1. The van der Waals surface area contributed by atoms with Crippen molar-refractivity contribution >= 4 is 11.4 Å². The van der Waals surface area contributed by atoms with Crippen molar-refractivity contribution in [3.05, 3.63) is 50.7 Å². The van der Waals surface area contributed by atoms with E-state index in [4.69, 9.17) is 0 Å². The van der Waals surface area contributed by atoms with Gasteiger partial charge >= 0.3 is 5.69 Å². The quantitative estimate of drug-likeness (QED) is 0.643. The molecular weight excluding hydrogens is 228 g/mol. The van der Waals surface area contributed by atoms with E-state index in [9.17, 15) is 20.2 Å². The second kappa shape index (κ2) is 4.00. The third-order valence-electron chi connectivity index (χ3n) is 2.18. The fraction of sp³-hybridized carbons (Fsp3) is 0. The average Bonchev–Trinajstić information content (AvgIpc) is 2.78. The van der Waals surface area contributed by atoms with E-state index in [2.05, 4.69) is 10.2 Å². The van der Waals surface area contributed by atoms with Gasteiger partial charge in [0.15, 0.2) is 0 Å². The Morgan fingerprint density at radius 2 is 1.71 bits per heavy atom.